The minimum atomic E-state index is 0.0187. The van der Waals surface area contributed by atoms with Crippen LogP contribution in [0.2, 0.25) is 0 Å². The first kappa shape index (κ1) is 13.2. The summed E-state index contributed by atoms with van der Waals surface area (Å²) < 4.78 is 0. The van der Waals surface area contributed by atoms with E-state index in [1.54, 1.807) is 0 Å². The maximum absolute atomic E-state index is 11.5. The SMILES string of the molecule is CCN1CCC(NC(=O)CCC(C)=O)CC1. The lowest BCUT2D eigenvalue weighted by atomic mass is 10.0. The highest BCUT2D eigenvalue weighted by molar-refractivity contribution is 5.83. The molecule has 0 radical (unpaired) electrons. The third-order valence-electron chi connectivity index (χ3n) is 3.10. The predicted molar refractivity (Wildman–Crippen MR) is 63.2 cm³/mol. The van der Waals surface area contributed by atoms with Gasteiger partial charge >= 0.3 is 0 Å². The topological polar surface area (TPSA) is 49.4 Å². The van der Waals surface area contributed by atoms with E-state index in [0.717, 1.165) is 32.5 Å². The maximum atomic E-state index is 11.5. The van der Waals surface area contributed by atoms with Crippen LogP contribution < -0.4 is 5.32 Å². The van der Waals surface area contributed by atoms with E-state index in [1.165, 1.54) is 6.92 Å². The molecule has 92 valence electrons. The van der Waals surface area contributed by atoms with Crippen LogP contribution in [0.15, 0.2) is 0 Å². The van der Waals surface area contributed by atoms with E-state index in [0.29, 0.717) is 18.9 Å². The van der Waals surface area contributed by atoms with Crippen molar-refractivity contribution in [3.05, 3.63) is 0 Å². The minimum absolute atomic E-state index is 0.0187. The molecular weight excluding hydrogens is 204 g/mol. The molecule has 1 fully saturated rings. The third-order valence-corrected chi connectivity index (χ3v) is 3.10. The molecule has 0 aromatic carbocycles. The number of rotatable bonds is 5. The Morgan fingerprint density at radius 3 is 2.38 bits per heavy atom. The molecule has 1 amide bonds. The van der Waals surface area contributed by atoms with Crippen LogP contribution in [0.4, 0.5) is 0 Å². The number of hydrogen-bond donors (Lipinski definition) is 1. The second kappa shape index (κ2) is 6.63. The molecule has 1 heterocycles. The van der Waals surface area contributed by atoms with E-state index in [-0.39, 0.29) is 11.7 Å². The Balaban J connectivity index is 2.18. The molecule has 0 atom stereocenters. The van der Waals surface area contributed by atoms with Crippen molar-refractivity contribution in [1.82, 2.24) is 10.2 Å². The molecule has 0 aliphatic carbocycles. The lowest BCUT2D eigenvalue weighted by Gasteiger charge is -2.31. The molecule has 0 aromatic rings. The van der Waals surface area contributed by atoms with Crippen LogP contribution in [0, 0.1) is 0 Å². The molecule has 4 nitrogen and oxygen atoms in total. The summed E-state index contributed by atoms with van der Waals surface area (Å²) in [6.45, 7) is 6.89. The van der Waals surface area contributed by atoms with Gasteiger partial charge in [-0.15, -0.1) is 0 Å². The summed E-state index contributed by atoms with van der Waals surface area (Å²) in [6, 6.07) is 0.308. The molecule has 1 saturated heterocycles. The Hall–Kier alpha value is -0.900. The van der Waals surface area contributed by atoms with Gasteiger partial charge in [0.2, 0.25) is 5.91 Å². The minimum Gasteiger partial charge on any atom is -0.353 e. The highest BCUT2D eigenvalue weighted by Crippen LogP contribution is 2.09. The van der Waals surface area contributed by atoms with Crippen LogP contribution in [0.3, 0.4) is 0 Å². The second-order valence-corrected chi connectivity index (χ2v) is 4.48. The molecule has 0 spiro atoms. The summed E-state index contributed by atoms with van der Waals surface area (Å²) in [4.78, 5) is 24.6. The molecule has 16 heavy (non-hydrogen) atoms. The average Bonchev–Trinajstić information content (AvgIpc) is 2.27. The van der Waals surface area contributed by atoms with Crippen molar-refractivity contribution >= 4 is 11.7 Å². The molecule has 0 saturated carbocycles. The molecule has 0 unspecified atom stereocenters. The molecule has 0 bridgehead atoms. The standard InChI is InChI=1S/C12H22N2O2/c1-3-14-8-6-11(7-9-14)13-12(16)5-4-10(2)15/h11H,3-9H2,1-2H3,(H,13,16). The summed E-state index contributed by atoms with van der Waals surface area (Å²) in [7, 11) is 0. The molecule has 0 aromatic heterocycles. The Morgan fingerprint density at radius 1 is 1.25 bits per heavy atom. The van der Waals surface area contributed by atoms with Crippen molar-refractivity contribution in [2.24, 2.45) is 0 Å². The number of amides is 1. The number of carbonyl (C=O) groups is 2. The van der Waals surface area contributed by atoms with Gasteiger partial charge in [0, 0.05) is 32.0 Å². The summed E-state index contributed by atoms with van der Waals surface area (Å²) in [5, 5.41) is 3.00. The van der Waals surface area contributed by atoms with Crippen molar-refractivity contribution in [3.63, 3.8) is 0 Å². The van der Waals surface area contributed by atoms with Crippen LogP contribution in [-0.4, -0.2) is 42.3 Å². The van der Waals surface area contributed by atoms with E-state index in [2.05, 4.69) is 17.1 Å². The monoisotopic (exact) mass is 226 g/mol. The van der Waals surface area contributed by atoms with Crippen LogP contribution in [0.25, 0.3) is 0 Å². The summed E-state index contributed by atoms with van der Waals surface area (Å²) >= 11 is 0. The molecule has 1 aliphatic rings. The predicted octanol–water partition coefficient (Wildman–Crippen LogP) is 0.956. The van der Waals surface area contributed by atoms with Gasteiger partial charge in [0.05, 0.1) is 0 Å². The Morgan fingerprint density at radius 2 is 1.88 bits per heavy atom. The number of carbonyl (C=O) groups excluding carboxylic acids is 2. The largest absolute Gasteiger partial charge is 0.353 e. The van der Waals surface area contributed by atoms with E-state index < -0.39 is 0 Å². The number of Topliss-reactive ketones (excluding diaryl/α,β-unsaturated/α-hetero) is 1. The summed E-state index contributed by atoms with van der Waals surface area (Å²) in [5.41, 5.74) is 0. The molecule has 4 heteroatoms. The Labute approximate surface area is 97.4 Å². The molecule has 1 aliphatic heterocycles. The molecule has 1 N–H and O–H groups in total. The van der Waals surface area contributed by atoms with Gasteiger partial charge in [0.25, 0.3) is 0 Å². The quantitative estimate of drug-likeness (QED) is 0.759. The fourth-order valence-electron chi connectivity index (χ4n) is 1.98. The van der Waals surface area contributed by atoms with Gasteiger partial charge in [0.15, 0.2) is 0 Å². The van der Waals surface area contributed by atoms with Crippen LogP contribution in [-0.2, 0) is 9.59 Å². The zero-order chi connectivity index (χ0) is 12.0. The van der Waals surface area contributed by atoms with Crippen molar-refractivity contribution in [1.29, 1.82) is 0 Å². The van der Waals surface area contributed by atoms with Gasteiger partial charge < -0.3 is 15.0 Å². The summed E-state index contributed by atoms with van der Waals surface area (Å²) in [6.07, 6.45) is 2.75. The first-order chi connectivity index (χ1) is 7.61. The van der Waals surface area contributed by atoms with E-state index >= 15 is 0 Å². The number of ketones is 1. The van der Waals surface area contributed by atoms with E-state index in [1.807, 2.05) is 0 Å². The van der Waals surface area contributed by atoms with Crippen molar-refractivity contribution in [2.75, 3.05) is 19.6 Å². The molecular formula is C12H22N2O2. The first-order valence-corrected chi connectivity index (χ1v) is 6.13. The highest BCUT2D eigenvalue weighted by Gasteiger charge is 2.19. The Bertz CT molecular complexity index is 245. The van der Waals surface area contributed by atoms with Gasteiger partial charge in [-0.2, -0.15) is 0 Å². The lowest BCUT2D eigenvalue weighted by molar-refractivity contribution is -0.125. The first-order valence-electron chi connectivity index (χ1n) is 6.13. The normalized spacial score (nSPS) is 18.4. The van der Waals surface area contributed by atoms with Crippen molar-refractivity contribution in [2.45, 2.75) is 45.6 Å². The summed E-state index contributed by atoms with van der Waals surface area (Å²) in [5.74, 6) is 0.0982. The second-order valence-electron chi connectivity index (χ2n) is 4.48. The number of nitrogens with one attached hydrogen (secondary N) is 1. The van der Waals surface area contributed by atoms with Crippen molar-refractivity contribution < 1.29 is 9.59 Å². The smallest absolute Gasteiger partial charge is 0.220 e. The highest BCUT2D eigenvalue weighted by atomic mass is 16.2. The number of hydrogen-bond acceptors (Lipinski definition) is 3. The van der Waals surface area contributed by atoms with Crippen LogP contribution >= 0.6 is 0 Å². The van der Waals surface area contributed by atoms with E-state index in [9.17, 15) is 9.59 Å². The molecule has 1 rings (SSSR count). The maximum Gasteiger partial charge on any atom is 0.220 e. The number of nitrogens with zero attached hydrogens (tertiary/aromatic N) is 1. The fraction of sp³-hybridized carbons (Fsp3) is 0.833. The van der Waals surface area contributed by atoms with Crippen LogP contribution in [0.5, 0.6) is 0 Å². The Kier molecular flexibility index (Phi) is 5.46. The van der Waals surface area contributed by atoms with Gasteiger partial charge in [0.1, 0.15) is 5.78 Å². The zero-order valence-corrected chi connectivity index (χ0v) is 10.3. The van der Waals surface area contributed by atoms with Gasteiger partial charge in [-0.25, -0.2) is 0 Å². The van der Waals surface area contributed by atoms with Crippen molar-refractivity contribution in [3.8, 4) is 0 Å². The van der Waals surface area contributed by atoms with Gasteiger partial charge in [-0.1, -0.05) is 6.92 Å². The fourth-order valence-corrected chi connectivity index (χ4v) is 1.98. The van der Waals surface area contributed by atoms with Gasteiger partial charge in [-0.05, 0) is 26.3 Å². The number of piperidine rings is 1. The third kappa shape index (κ3) is 4.75. The van der Waals surface area contributed by atoms with E-state index in [4.69, 9.17) is 0 Å². The average molecular weight is 226 g/mol. The van der Waals surface area contributed by atoms with Gasteiger partial charge in [-0.3, -0.25) is 4.79 Å². The lowest BCUT2D eigenvalue weighted by Crippen LogP contribution is -2.44. The van der Waals surface area contributed by atoms with Crippen LogP contribution in [0.1, 0.15) is 39.5 Å². The zero-order valence-electron chi connectivity index (χ0n) is 10.3. The number of likely N-dealkylation sites (tertiary alicyclic amines) is 1.